The number of aliphatic hydroxyl groups excluding tert-OH is 1. The van der Waals surface area contributed by atoms with E-state index in [0.29, 0.717) is 13.0 Å². The second-order valence-electron chi connectivity index (χ2n) is 7.55. The number of epoxide rings is 1. The van der Waals surface area contributed by atoms with Crippen molar-refractivity contribution in [2.45, 2.75) is 63.6 Å². The van der Waals surface area contributed by atoms with E-state index in [9.17, 15) is 14.7 Å². The van der Waals surface area contributed by atoms with Crippen LogP contribution in [0.15, 0.2) is 11.6 Å². The van der Waals surface area contributed by atoms with E-state index in [-0.39, 0.29) is 0 Å². The lowest BCUT2D eigenvalue weighted by atomic mass is 9.51. The molecule has 23 heavy (non-hydrogen) atoms. The first kappa shape index (κ1) is 15.3. The lowest BCUT2D eigenvalue weighted by Gasteiger charge is -2.55. The van der Waals surface area contributed by atoms with Gasteiger partial charge in [-0.15, -0.1) is 0 Å². The van der Waals surface area contributed by atoms with E-state index in [4.69, 9.17) is 14.2 Å². The highest BCUT2D eigenvalue weighted by Crippen LogP contribution is 2.71. The van der Waals surface area contributed by atoms with Crippen molar-refractivity contribution in [2.24, 2.45) is 10.8 Å². The average molecular weight is 322 g/mol. The number of allylic oxidation sites excluding steroid dienone is 1. The molecule has 0 amide bonds. The molecule has 2 saturated heterocycles. The first-order valence-electron chi connectivity index (χ1n) is 8.11. The van der Waals surface area contributed by atoms with E-state index in [0.717, 1.165) is 12.7 Å². The zero-order valence-corrected chi connectivity index (χ0v) is 13.6. The van der Waals surface area contributed by atoms with Crippen molar-refractivity contribution in [2.75, 3.05) is 6.61 Å². The maximum atomic E-state index is 12.3. The summed E-state index contributed by atoms with van der Waals surface area (Å²) in [4.78, 5) is 23.9. The quantitative estimate of drug-likeness (QED) is 0.350. The van der Waals surface area contributed by atoms with Crippen LogP contribution in [0.4, 0.5) is 0 Å². The van der Waals surface area contributed by atoms with Gasteiger partial charge in [-0.05, 0) is 19.8 Å². The monoisotopic (exact) mass is 322 g/mol. The minimum absolute atomic E-state index is 0.411. The molecule has 0 aromatic rings. The minimum Gasteiger partial charge on any atom is -0.459 e. The van der Waals surface area contributed by atoms with E-state index in [1.54, 1.807) is 0 Å². The predicted molar refractivity (Wildman–Crippen MR) is 78.5 cm³/mol. The van der Waals surface area contributed by atoms with Gasteiger partial charge < -0.3 is 24.1 Å². The fraction of sp³-hybridized carbons (Fsp3) is 0.765. The Hall–Kier alpha value is -1.24. The Balaban J connectivity index is 1.90. The molecule has 4 rings (SSSR count). The smallest absolute Gasteiger partial charge is 0.303 e. The van der Waals surface area contributed by atoms with Gasteiger partial charge in [0, 0.05) is 6.92 Å². The molecule has 2 bridgehead atoms. The number of rotatable bonds is 2. The number of carbonyl (C=O) groups is 2. The van der Waals surface area contributed by atoms with E-state index in [1.807, 2.05) is 19.9 Å². The van der Waals surface area contributed by atoms with E-state index < -0.39 is 46.8 Å². The number of ether oxygens (including phenoxy) is 3. The maximum Gasteiger partial charge on any atom is 0.303 e. The minimum atomic E-state index is -0.998. The molecule has 126 valence electrons. The number of aliphatic hydroxyl groups is 1. The SMILES string of the molecule is CC(=O)O[C@@H]1[C@@H](O)[C@H]2O[C@@H]3C=C(C)CCC3(C=O)[C@]1(C)[C@]21CO1. The molecule has 2 aliphatic heterocycles. The van der Waals surface area contributed by atoms with Crippen LogP contribution < -0.4 is 0 Å². The standard InChI is InChI=1S/C17H22O6/c1-9-4-5-16(7-18)11(6-9)23-14-12(20)13(22-10(2)19)15(16,3)17(14)8-21-17/h6-7,11-14,20H,4-5,8H2,1-3H3/t11-,12-,13-,14-,15-,16?,17+/m1/s1. The molecule has 1 spiro atoms. The van der Waals surface area contributed by atoms with Gasteiger partial charge in [0.05, 0.1) is 23.5 Å². The third-order valence-electron chi connectivity index (χ3n) is 6.62. The highest BCUT2D eigenvalue weighted by atomic mass is 16.7. The van der Waals surface area contributed by atoms with Gasteiger partial charge >= 0.3 is 5.97 Å². The van der Waals surface area contributed by atoms with Gasteiger partial charge in [-0.2, -0.15) is 0 Å². The van der Waals surface area contributed by atoms with Crippen LogP contribution in [0.5, 0.6) is 0 Å². The molecule has 6 heteroatoms. The van der Waals surface area contributed by atoms with Crippen LogP contribution in [0.25, 0.3) is 0 Å². The van der Waals surface area contributed by atoms with Crippen LogP contribution in [0.1, 0.15) is 33.6 Å². The number of hydrogen-bond acceptors (Lipinski definition) is 6. The van der Waals surface area contributed by atoms with Crippen LogP contribution in [-0.2, 0) is 23.8 Å². The second-order valence-corrected chi connectivity index (χ2v) is 7.55. The lowest BCUT2D eigenvalue weighted by Crippen LogP contribution is -2.65. The zero-order chi connectivity index (χ0) is 16.6. The zero-order valence-electron chi connectivity index (χ0n) is 13.6. The topological polar surface area (TPSA) is 85.4 Å². The number of aldehydes is 1. The number of hydrogen-bond donors (Lipinski definition) is 1. The van der Waals surface area contributed by atoms with Crippen molar-refractivity contribution in [1.29, 1.82) is 0 Å². The molecule has 7 atom stereocenters. The molecule has 1 unspecified atom stereocenters. The van der Waals surface area contributed by atoms with Gasteiger partial charge in [-0.1, -0.05) is 18.6 Å². The maximum absolute atomic E-state index is 12.3. The second kappa shape index (κ2) is 4.43. The summed E-state index contributed by atoms with van der Waals surface area (Å²) in [5, 5.41) is 10.8. The summed E-state index contributed by atoms with van der Waals surface area (Å²) in [6.07, 6.45) is 1.47. The van der Waals surface area contributed by atoms with Crippen LogP contribution in [0.2, 0.25) is 0 Å². The normalized spacial score (nSPS) is 53.5. The van der Waals surface area contributed by atoms with Crippen molar-refractivity contribution in [3.63, 3.8) is 0 Å². The Labute approximate surface area is 134 Å². The molecule has 0 aromatic heterocycles. The van der Waals surface area contributed by atoms with E-state index in [2.05, 4.69) is 0 Å². The summed E-state index contributed by atoms with van der Waals surface area (Å²) < 4.78 is 17.4. The van der Waals surface area contributed by atoms with Gasteiger partial charge in [0.1, 0.15) is 30.2 Å². The van der Waals surface area contributed by atoms with Gasteiger partial charge in [0.25, 0.3) is 0 Å². The first-order valence-corrected chi connectivity index (χ1v) is 8.11. The van der Waals surface area contributed by atoms with Crippen molar-refractivity contribution in [1.82, 2.24) is 0 Å². The van der Waals surface area contributed by atoms with Crippen LogP contribution in [0, 0.1) is 10.8 Å². The molecule has 0 radical (unpaired) electrons. The van der Waals surface area contributed by atoms with Gasteiger partial charge in [0.15, 0.2) is 0 Å². The molecule has 4 aliphatic rings. The molecular weight excluding hydrogens is 300 g/mol. The van der Waals surface area contributed by atoms with Gasteiger partial charge in [-0.3, -0.25) is 4.79 Å². The van der Waals surface area contributed by atoms with E-state index >= 15 is 0 Å². The van der Waals surface area contributed by atoms with Crippen molar-refractivity contribution >= 4 is 12.3 Å². The van der Waals surface area contributed by atoms with E-state index in [1.165, 1.54) is 12.5 Å². The fourth-order valence-corrected chi connectivity index (χ4v) is 5.23. The highest BCUT2D eigenvalue weighted by Gasteiger charge is 2.85. The third kappa shape index (κ3) is 1.55. The summed E-state index contributed by atoms with van der Waals surface area (Å²) in [7, 11) is 0. The molecule has 1 saturated carbocycles. The summed E-state index contributed by atoms with van der Waals surface area (Å²) in [5.41, 5.74) is -1.25. The highest BCUT2D eigenvalue weighted by molar-refractivity contribution is 5.69. The van der Waals surface area contributed by atoms with Gasteiger partial charge in [0.2, 0.25) is 0 Å². The van der Waals surface area contributed by atoms with Gasteiger partial charge in [-0.25, -0.2) is 0 Å². The summed E-state index contributed by atoms with van der Waals surface area (Å²) >= 11 is 0. The van der Waals surface area contributed by atoms with Crippen molar-refractivity contribution < 1.29 is 28.9 Å². The Morgan fingerprint density at radius 1 is 1.52 bits per heavy atom. The Kier molecular flexibility index (Phi) is 2.95. The average Bonchev–Trinajstić information content (AvgIpc) is 3.28. The Morgan fingerprint density at radius 3 is 2.78 bits per heavy atom. The summed E-state index contributed by atoms with van der Waals surface area (Å²) in [5.74, 6) is -0.473. The summed E-state index contributed by atoms with van der Waals surface area (Å²) in [6.45, 7) is 5.65. The first-order chi connectivity index (χ1) is 10.8. The largest absolute Gasteiger partial charge is 0.459 e. The molecule has 2 heterocycles. The Morgan fingerprint density at radius 2 is 2.22 bits per heavy atom. The third-order valence-corrected chi connectivity index (χ3v) is 6.62. The molecular formula is C17H22O6. The number of fused-ring (bicyclic) bond motifs is 2. The molecule has 2 aliphatic carbocycles. The molecule has 6 nitrogen and oxygen atoms in total. The predicted octanol–water partition coefficient (Wildman–Crippen LogP) is 0.761. The molecule has 3 fully saturated rings. The Bertz CT molecular complexity index is 608. The fourth-order valence-electron chi connectivity index (χ4n) is 5.23. The lowest BCUT2D eigenvalue weighted by molar-refractivity contribution is -0.209. The molecule has 1 N–H and O–H groups in total. The molecule has 0 aromatic carbocycles. The number of carbonyl (C=O) groups excluding carboxylic acids is 2. The van der Waals surface area contributed by atoms with Crippen LogP contribution in [0.3, 0.4) is 0 Å². The number of esters is 1. The van der Waals surface area contributed by atoms with Crippen molar-refractivity contribution in [3.8, 4) is 0 Å². The summed E-state index contributed by atoms with van der Waals surface area (Å²) in [6, 6.07) is 0. The van der Waals surface area contributed by atoms with Crippen molar-refractivity contribution in [3.05, 3.63) is 11.6 Å². The van der Waals surface area contributed by atoms with Crippen LogP contribution >= 0.6 is 0 Å². The van der Waals surface area contributed by atoms with Crippen LogP contribution in [-0.4, -0.2) is 54.0 Å².